The van der Waals surface area contributed by atoms with Crippen LogP contribution in [-0.4, -0.2) is 9.97 Å². The zero-order valence-corrected chi connectivity index (χ0v) is 34.2. The van der Waals surface area contributed by atoms with Gasteiger partial charge in [0.05, 0.1) is 11.4 Å². The molecular formula is C59H42N2. The van der Waals surface area contributed by atoms with Gasteiger partial charge in [-0.05, 0) is 95.7 Å². The number of hydrogen-bond acceptors (Lipinski definition) is 2. The molecule has 0 saturated heterocycles. The van der Waals surface area contributed by atoms with Gasteiger partial charge in [0.15, 0.2) is 5.82 Å². The minimum Gasteiger partial charge on any atom is -0.228 e. The first-order valence-corrected chi connectivity index (χ1v) is 21.1. The second kappa shape index (κ2) is 14.9. The third-order valence-corrected chi connectivity index (χ3v) is 12.6. The van der Waals surface area contributed by atoms with E-state index >= 15 is 0 Å². The predicted molar refractivity (Wildman–Crippen MR) is 255 cm³/mol. The molecule has 1 aromatic heterocycles. The molecule has 1 aliphatic carbocycles. The smallest absolute Gasteiger partial charge is 0.160 e. The molecule has 0 amide bonds. The summed E-state index contributed by atoms with van der Waals surface area (Å²) in [5.74, 6) is 0.696. The Morgan fingerprint density at radius 3 is 1.43 bits per heavy atom. The van der Waals surface area contributed by atoms with Crippen LogP contribution < -0.4 is 0 Å². The van der Waals surface area contributed by atoms with Gasteiger partial charge in [-0.3, -0.25) is 0 Å². The molecule has 1 aliphatic rings. The van der Waals surface area contributed by atoms with Gasteiger partial charge in [0.1, 0.15) is 0 Å². The normalized spacial score (nSPS) is 12.6. The van der Waals surface area contributed by atoms with Crippen molar-refractivity contribution < 1.29 is 0 Å². The molecule has 9 aromatic carbocycles. The van der Waals surface area contributed by atoms with Crippen molar-refractivity contribution in [3.8, 4) is 89.5 Å². The standard InChI is InChI=1S/C59H42N2/c1-59(2)54-25-15-14-24-49(54)53-37-45(31-35-55(53)59)40-26-28-42(29-27-40)46-33-34-50(48-23-13-12-22-47(46)48)56-38-57(61-58(60-56)43-20-10-5-11-21-43)51-32-30-44(39-16-6-3-7-17-39)36-52(51)41-18-8-4-9-19-41/h3-38H,1-2H3. The van der Waals surface area contributed by atoms with Crippen LogP contribution in [0.5, 0.6) is 0 Å². The Morgan fingerprint density at radius 2 is 0.721 bits per heavy atom. The number of benzene rings is 9. The van der Waals surface area contributed by atoms with Gasteiger partial charge in [0, 0.05) is 22.1 Å². The quantitative estimate of drug-likeness (QED) is 0.161. The van der Waals surface area contributed by atoms with E-state index in [1.165, 1.54) is 55.5 Å². The Morgan fingerprint density at radius 1 is 0.279 bits per heavy atom. The first-order valence-electron chi connectivity index (χ1n) is 21.1. The van der Waals surface area contributed by atoms with Crippen molar-refractivity contribution in [3.63, 3.8) is 0 Å². The molecule has 1 heterocycles. The minimum atomic E-state index is -0.00274. The lowest BCUT2D eigenvalue weighted by Crippen LogP contribution is -2.14. The van der Waals surface area contributed by atoms with Crippen LogP contribution in [0, 0.1) is 0 Å². The first kappa shape index (κ1) is 36.4. The average Bonchev–Trinajstić information content (AvgIpc) is 3.56. The van der Waals surface area contributed by atoms with Crippen LogP contribution in [0.2, 0.25) is 0 Å². The largest absolute Gasteiger partial charge is 0.228 e. The molecule has 0 saturated carbocycles. The molecule has 0 unspecified atom stereocenters. The van der Waals surface area contributed by atoms with E-state index in [4.69, 9.17) is 9.97 Å². The second-order valence-electron chi connectivity index (χ2n) is 16.5. The van der Waals surface area contributed by atoms with Crippen molar-refractivity contribution in [3.05, 3.63) is 230 Å². The lowest BCUT2D eigenvalue weighted by atomic mass is 9.82. The van der Waals surface area contributed by atoms with Crippen LogP contribution >= 0.6 is 0 Å². The van der Waals surface area contributed by atoms with Gasteiger partial charge in [0.25, 0.3) is 0 Å². The van der Waals surface area contributed by atoms with Gasteiger partial charge in [-0.25, -0.2) is 9.97 Å². The fourth-order valence-electron chi connectivity index (χ4n) is 9.39. The molecule has 0 atom stereocenters. The summed E-state index contributed by atoms with van der Waals surface area (Å²) in [6.45, 7) is 4.67. The summed E-state index contributed by atoms with van der Waals surface area (Å²) in [7, 11) is 0. The van der Waals surface area contributed by atoms with Crippen LogP contribution in [0.25, 0.3) is 100 Å². The Bertz CT molecular complexity index is 3240. The summed E-state index contributed by atoms with van der Waals surface area (Å²) < 4.78 is 0. The molecule has 0 N–H and O–H groups in total. The lowest BCUT2D eigenvalue weighted by molar-refractivity contribution is 0.660. The van der Waals surface area contributed by atoms with E-state index in [1.807, 2.05) is 6.07 Å². The Kier molecular flexibility index (Phi) is 8.86. The summed E-state index contributed by atoms with van der Waals surface area (Å²) in [5, 5.41) is 2.33. The summed E-state index contributed by atoms with van der Waals surface area (Å²) in [5.41, 5.74) is 19.8. The lowest BCUT2D eigenvalue weighted by Gasteiger charge is -2.21. The molecule has 2 nitrogen and oxygen atoms in total. The van der Waals surface area contributed by atoms with Crippen molar-refractivity contribution in [2.45, 2.75) is 19.3 Å². The maximum Gasteiger partial charge on any atom is 0.160 e. The van der Waals surface area contributed by atoms with E-state index in [2.05, 4.69) is 226 Å². The van der Waals surface area contributed by atoms with Gasteiger partial charge in [0.2, 0.25) is 0 Å². The molecule has 0 bridgehead atoms. The summed E-state index contributed by atoms with van der Waals surface area (Å²) in [6, 6.07) is 78.5. The number of hydrogen-bond donors (Lipinski definition) is 0. The van der Waals surface area contributed by atoms with Gasteiger partial charge in [-0.1, -0.05) is 214 Å². The molecule has 10 aromatic rings. The second-order valence-corrected chi connectivity index (χ2v) is 16.5. The number of nitrogens with zero attached hydrogens (tertiary/aromatic N) is 2. The van der Waals surface area contributed by atoms with Crippen molar-refractivity contribution in [2.75, 3.05) is 0 Å². The highest BCUT2D eigenvalue weighted by Gasteiger charge is 2.35. The van der Waals surface area contributed by atoms with Crippen molar-refractivity contribution in [1.82, 2.24) is 9.97 Å². The summed E-state index contributed by atoms with van der Waals surface area (Å²) >= 11 is 0. The predicted octanol–water partition coefficient (Wildman–Crippen LogP) is 15.6. The van der Waals surface area contributed by atoms with Crippen molar-refractivity contribution in [2.24, 2.45) is 0 Å². The molecule has 288 valence electrons. The minimum absolute atomic E-state index is 0.00274. The van der Waals surface area contributed by atoms with Crippen molar-refractivity contribution in [1.29, 1.82) is 0 Å². The summed E-state index contributed by atoms with van der Waals surface area (Å²) in [6.07, 6.45) is 0. The fourth-order valence-corrected chi connectivity index (χ4v) is 9.39. The van der Waals surface area contributed by atoms with Crippen LogP contribution in [0.1, 0.15) is 25.0 Å². The van der Waals surface area contributed by atoms with E-state index < -0.39 is 0 Å². The van der Waals surface area contributed by atoms with E-state index in [0.29, 0.717) is 5.82 Å². The SMILES string of the molecule is CC1(C)c2ccccc2-c2cc(-c3ccc(-c4ccc(-c5cc(-c6ccc(-c7ccccc7)cc6-c6ccccc6)nc(-c6ccccc6)n5)c5ccccc45)cc3)ccc21. The van der Waals surface area contributed by atoms with Gasteiger partial charge < -0.3 is 0 Å². The number of aromatic nitrogens is 2. The monoisotopic (exact) mass is 778 g/mol. The number of fused-ring (bicyclic) bond motifs is 4. The van der Waals surface area contributed by atoms with Crippen LogP contribution in [0.15, 0.2) is 218 Å². The fraction of sp³-hybridized carbons (Fsp3) is 0.0508. The maximum atomic E-state index is 5.30. The maximum absolute atomic E-state index is 5.30. The Balaban J connectivity index is 1.01. The molecule has 61 heavy (non-hydrogen) atoms. The van der Waals surface area contributed by atoms with E-state index in [1.54, 1.807) is 0 Å². The zero-order chi connectivity index (χ0) is 40.9. The molecule has 2 heteroatoms. The third kappa shape index (κ3) is 6.45. The molecule has 0 spiro atoms. The average molecular weight is 779 g/mol. The third-order valence-electron chi connectivity index (χ3n) is 12.6. The van der Waals surface area contributed by atoms with E-state index in [-0.39, 0.29) is 5.41 Å². The van der Waals surface area contributed by atoms with Crippen molar-refractivity contribution >= 4 is 10.8 Å². The van der Waals surface area contributed by atoms with Gasteiger partial charge in [-0.15, -0.1) is 0 Å². The number of rotatable bonds is 7. The summed E-state index contributed by atoms with van der Waals surface area (Å²) in [4.78, 5) is 10.6. The molecule has 0 radical (unpaired) electrons. The molecule has 0 aliphatic heterocycles. The zero-order valence-electron chi connectivity index (χ0n) is 34.2. The molecule has 11 rings (SSSR count). The first-order chi connectivity index (χ1) is 30.0. The highest BCUT2D eigenvalue weighted by molar-refractivity contribution is 6.05. The van der Waals surface area contributed by atoms with Crippen LogP contribution in [-0.2, 0) is 5.41 Å². The highest BCUT2D eigenvalue weighted by Crippen LogP contribution is 2.49. The molecule has 0 fully saturated rings. The van der Waals surface area contributed by atoms with Crippen LogP contribution in [0.3, 0.4) is 0 Å². The topological polar surface area (TPSA) is 25.8 Å². The van der Waals surface area contributed by atoms with Gasteiger partial charge >= 0.3 is 0 Å². The Hall–Kier alpha value is -7.68. The van der Waals surface area contributed by atoms with Crippen LogP contribution in [0.4, 0.5) is 0 Å². The molecular weight excluding hydrogens is 737 g/mol. The van der Waals surface area contributed by atoms with E-state index in [0.717, 1.165) is 50.2 Å². The van der Waals surface area contributed by atoms with E-state index in [9.17, 15) is 0 Å². The Labute approximate surface area is 357 Å². The highest BCUT2D eigenvalue weighted by atomic mass is 14.9. The van der Waals surface area contributed by atoms with Gasteiger partial charge in [-0.2, -0.15) is 0 Å².